The van der Waals surface area contributed by atoms with Gasteiger partial charge in [0.25, 0.3) is 5.89 Å². The maximum Gasteiger partial charge on any atom is 0.276 e. The Hall–Kier alpha value is -3.27. The van der Waals surface area contributed by atoms with E-state index < -0.39 is 0 Å². The summed E-state index contributed by atoms with van der Waals surface area (Å²) in [7, 11) is 0. The van der Waals surface area contributed by atoms with Crippen LogP contribution in [0, 0.1) is 18.4 Å². The van der Waals surface area contributed by atoms with E-state index in [1.54, 1.807) is 17.2 Å². The second-order valence-corrected chi connectivity index (χ2v) is 6.04. The maximum absolute atomic E-state index is 9.18. The predicted octanol–water partition coefficient (Wildman–Crippen LogP) is 3.12. The summed E-state index contributed by atoms with van der Waals surface area (Å²) in [4.78, 5) is 15.0. The van der Waals surface area contributed by atoms with Crippen LogP contribution < -0.4 is 0 Å². The van der Waals surface area contributed by atoms with Crippen molar-refractivity contribution in [3.63, 3.8) is 0 Å². The van der Waals surface area contributed by atoms with Crippen molar-refractivity contribution in [2.45, 2.75) is 25.8 Å². The molecule has 1 aromatic carbocycles. The minimum atomic E-state index is -0.111. The SMILES string of the molecule is Cc1cccc(-c2nccc(-c3nc([C@@H]4CCCN4C#N)no3)n2)c1. The molecule has 0 bridgehead atoms. The molecule has 0 spiro atoms. The maximum atomic E-state index is 9.18. The Kier molecular flexibility index (Phi) is 3.86. The van der Waals surface area contributed by atoms with Gasteiger partial charge in [-0.3, -0.25) is 4.90 Å². The number of aromatic nitrogens is 4. The van der Waals surface area contributed by atoms with E-state index in [1.807, 2.05) is 31.2 Å². The first-order valence-corrected chi connectivity index (χ1v) is 8.15. The number of hydrogen-bond acceptors (Lipinski definition) is 7. The number of rotatable bonds is 3. The molecule has 3 aromatic rings. The van der Waals surface area contributed by atoms with Crippen molar-refractivity contribution in [3.8, 4) is 29.2 Å². The van der Waals surface area contributed by atoms with Gasteiger partial charge in [-0.1, -0.05) is 28.9 Å². The molecule has 124 valence electrons. The molecule has 1 aliphatic heterocycles. The molecule has 0 unspecified atom stereocenters. The monoisotopic (exact) mass is 332 g/mol. The van der Waals surface area contributed by atoms with Gasteiger partial charge in [0.1, 0.15) is 11.7 Å². The third kappa shape index (κ3) is 2.94. The summed E-state index contributed by atoms with van der Waals surface area (Å²) < 4.78 is 5.38. The fourth-order valence-corrected chi connectivity index (χ4v) is 3.03. The van der Waals surface area contributed by atoms with Crippen LogP contribution in [0.4, 0.5) is 0 Å². The topological polar surface area (TPSA) is 91.7 Å². The van der Waals surface area contributed by atoms with Crippen LogP contribution in [0.5, 0.6) is 0 Å². The molecule has 2 aromatic heterocycles. The molecule has 1 aliphatic rings. The molecule has 7 heteroatoms. The molecule has 1 fully saturated rings. The second-order valence-electron chi connectivity index (χ2n) is 6.04. The Labute approximate surface area is 145 Å². The first-order valence-electron chi connectivity index (χ1n) is 8.15. The zero-order chi connectivity index (χ0) is 17.2. The molecule has 1 saturated heterocycles. The van der Waals surface area contributed by atoms with Crippen molar-refractivity contribution in [2.24, 2.45) is 0 Å². The highest BCUT2D eigenvalue weighted by molar-refractivity contribution is 5.59. The summed E-state index contributed by atoms with van der Waals surface area (Å²) in [5.74, 6) is 1.49. The van der Waals surface area contributed by atoms with E-state index in [0.717, 1.165) is 30.5 Å². The number of likely N-dealkylation sites (tertiary alicyclic amines) is 1. The molecule has 0 saturated carbocycles. The van der Waals surface area contributed by atoms with Crippen molar-refractivity contribution in [2.75, 3.05) is 6.54 Å². The van der Waals surface area contributed by atoms with Crippen LogP contribution in [0.3, 0.4) is 0 Å². The molecular weight excluding hydrogens is 316 g/mol. The summed E-state index contributed by atoms with van der Waals surface area (Å²) in [5.41, 5.74) is 2.66. The highest BCUT2D eigenvalue weighted by Crippen LogP contribution is 2.30. The minimum Gasteiger partial charge on any atom is -0.332 e. The lowest BCUT2D eigenvalue weighted by Gasteiger charge is -2.13. The molecule has 4 rings (SSSR count). The van der Waals surface area contributed by atoms with E-state index in [2.05, 4.69) is 26.3 Å². The number of benzene rings is 1. The molecule has 1 atom stereocenters. The van der Waals surface area contributed by atoms with Crippen LogP contribution >= 0.6 is 0 Å². The Morgan fingerprint density at radius 2 is 2.20 bits per heavy atom. The number of hydrogen-bond donors (Lipinski definition) is 0. The molecule has 0 radical (unpaired) electrons. The van der Waals surface area contributed by atoms with E-state index in [0.29, 0.717) is 23.2 Å². The first kappa shape index (κ1) is 15.3. The van der Waals surface area contributed by atoms with Gasteiger partial charge >= 0.3 is 0 Å². The second kappa shape index (κ2) is 6.32. The predicted molar refractivity (Wildman–Crippen MR) is 89.8 cm³/mol. The fraction of sp³-hybridized carbons (Fsp3) is 0.278. The van der Waals surface area contributed by atoms with E-state index in [-0.39, 0.29) is 6.04 Å². The zero-order valence-electron chi connectivity index (χ0n) is 13.8. The normalized spacial score (nSPS) is 16.8. The average Bonchev–Trinajstić information content (AvgIpc) is 3.30. The Morgan fingerprint density at radius 1 is 1.28 bits per heavy atom. The number of aryl methyl sites for hydroxylation is 1. The van der Waals surface area contributed by atoms with E-state index >= 15 is 0 Å². The van der Waals surface area contributed by atoms with Gasteiger partial charge in [0.15, 0.2) is 17.8 Å². The van der Waals surface area contributed by atoms with Crippen molar-refractivity contribution in [1.29, 1.82) is 5.26 Å². The van der Waals surface area contributed by atoms with Crippen LogP contribution in [0.2, 0.25) is 0 Å². The number of nitrogens with zero attached hydrogens (tertiary/aromatic N) is 6. The number of nitriles is 1. The molecule has 3 heterocycles. The quantitative estimate of drug-likeness (QED) is 0.680. The van der Waals surface area contributed by atoms with E-state index in [9.17, 15) is 5.26 Å². The molecule has 0 amide bonds. The van der Waals surface area contributed by atoms with Crippen molar-refractivity contribution in [3.05, 3.63) is 47.9 Å². The summed E-state index contributed by atoms with van der Waals surface area (Å²) in [6, 6.07) is 9.63. The van der Waals surface area contributed by atoms with Crippen LogP contribution in [0.25, 0.3) is 23.0 Å². The highest BCUT2D eigenvalue weighted by Gasteiger charge is 2.29. The lowest BCUT2D eigenvalue weighted by Crippen LogP contribution is -2.17. The lowest BCUT2D eigenvalue weighted by molar-refractivity contribution is 0.339. The van der Waals surface area contributed by atoms with Gasteiger partial charge < -0.3 is 4.52 Å². The summed E-state index contributed by atoms with van der Waals surface area (Å²) in [6.45, 7) is 2.76. The fourth-order valence-electron chi connectivity index (χ4n) is 3.03. The summed E-state index contributed by atoms with van der Waals surface area (Å²) in [6.07, 6.45) is 5.67. The standard InChI is InChI=1S/C18H16N6O/c1-12-4-2-5-13(10-12)16-20-8-7-14(21-16)18-22-17(23-25-18)15-6-3-9-24(15)11-19/h2,4-5,7-8,10,15H,3,6,9H2,1H3/t15-/m0/s1. The van der Waals surface area contributed by atoms with Crippen LogP contribution in [0.15, 0.2) is 41.1 Å². The molecule has 0 N–H and O–H groups in total. The van der Waals surface area contributed by atoms with Gasteiger partial charge in [-0.25, -0.2) is 9.97 Å². The molecule has 0 aliphatic carbocycles. The molecule has 25 heavy (non-hydrogen) atoms. The Bertz CT molecular complexity index is 944. The lowest BCUT2D eigenvalue weighted by atomic mass is 10.1. The van der Waals surface area contributed by atoms with Gasteiger partial charge in [0.05, 0.1) is 0 Å². The summed E-state index contributed by atoms with van der Waals surface area (Å²) >= 11 is 0. The largest absolute Gasteiger partial charge is 0.332 e. The average molecular weight is 332 g/mol. The summed E-state index contributed by atoms with van der Waals surface area (Å²) in [5, 5.41) is 13.2. The van der Waals surface area contributed by atoms with Gasteiger partial charge in [-0.05, 0) is 31.9 Å². The van der Waals surface area contributed by atoms with Crippen LogP contribution in [-0.2, 0) is 0 Å². The minimum absolute atomic E-state index is 0.111. The van der Waals surface area contributed by atoms with Gasteiger partial charge in [-0.2, -0.15) is 10.2 Å². The molecular formula is C18H16N6O. The third-order valence-electron chi connectivity index (χ3n) is 4.27. The van der Waals surface area contributed by atoms with Gasteiger partial charge in [-0.15, -0.1) is 0 Å². The Morgan fingerprint density at radius 3 is 3.04 bits per heavy atom. The van der Waals surface area contributed by atoms with Gasteiger partial charge in [0, 0.05) is 18.3 Å². The van der Waals surface area contributed by atoms with E-state index in [4.69, 9.17) is 4.52 Å². The smallest absolute Gasteiger partial charge is 0.276 e. The molecule has 7 nitrogen and oxygen atoms in total. The van der Waals surface area contributed by atoms with Crippen molar-refractivity contribution >= 4 is 0 Å². The van der Waals surface area contributed by atoms with Crippen molar-refractivity contribution in [1.82, 2.24) is 25.0 Å². The van der Waals surface area contributed by atoms with E-state index in [1.165, 1.54) is 0 Å². The first-order chi connectivity index (χ1) is 12.2. The van der Waals surface area contributed by atoms with Crippen LogP contribution in [-0.4, -0.2) is 31.6 Å². The van der Waals surface area contributed by atoms with Crippen LogP contribution in [0.1, 0.15) is 30.3 Å². The third-order valence-corrected chi connectivity index (χ3v) is 4.27. The zero-order valence-corrected chi connectivity index (χ0v) is 13.8. The van der Waals surface area contributed by atoms with Crippen molar-refractivity contribution < 1.29 is 4.52 Å². The Balaban J connectivity index is 1.65. The van der Waals surface area contributed by atoms with Gasteiger partial charge in [0.2, 0.25) is 0 Å². The highest BCUT2D eigenvalue weighted by atomic mass is 16.5.